The van der Waals surface area contributed by atoms with Gasteiger partial charge in [-0.1, -0.05) is 6.07 Å². The molecule has 26 heavy (non-hydrogen) atoms. The Balaban J connectivity index is 1.57. The molecule has 4 heterocycles. The smallest absolute Gasteiger partial charge is 0.339 e. The van der Waals surface area contributed by atoms with E-state index in [4.69, 9.17) is 28.4 Å². The van der Waals surface area contributed by atoms with Crippen LogP contribution in [0.1, 0.15) is 17.0 Å². The number of fused-ring (bicyclic) bond motifs is 3. The van der Waals surface area contributed by atoms with Crippen LogP contribution in [0.2, 0.25) is 0 Å². The Hall–Kier alpha value is -3.35. The van der Waals surface area contributed by atoms with Crippen LogP contribution in [0.4, 0.5) is 0 Å². The molecule has 130 valence electrons. The molecule has 2 aromatic rings. The van der Waals surface area contributed by atoms with Gasteiger partial charge in [-0.25, -0.2) is 4.79 Å². The molecule has 2 aromatic carbocycles. The molecule has 0 spiro atoms. The standard InChI is InChI=1S/C19H12O7/c20-19-18-16(6-21-19)26-12-5-15-14(24-8-25-15)4-10(12)17(18)9-1-2-11-13(3-9)23-7-22-11/h1-5,17H,6-8H2/t17-/m1/s1. The second-order valence-corrected chi connectivity index (χ2v) is 6.30. The predicted octanol–water partition coefficient (Wildman–Crippen LogP) is 2.48. The maximum atomic E-state index is 12.4. The van der Waals surface area contributed by atoms with Crippen LogP contribution in [0.15, 0.2) is 41.7 Å². The molecule has 0 aliphatic carbocycles. The van der Waals surface area contributed by atoms with Crippen LogP contribution in [0.5, 0.6) is 28.7 Å². The number of rotatable bonds is 1. The van der Waals surface area contributed by atoms with Crippen LogP contribution >= 0.6 is 0 Å². The largest absolute Gasteiger partial charge is 0.457 e. The molecule has 0 aromatic heterocycles. The topological polar surface area (TPSA) is 72.5 Å². The molecule has 6 rings (SSSR count). The summed E-state index contributed by atoms with van der Waals surface area (Å²) in [7, 11) is 0. The van der Waals surface area contributed by atoms with Crippen molar-refractivity contribution in [2.45, 2.75) is 5.92 Å². The molecule has 4 aliphatic rings. The van der Waals surface area contributed by atoms with Gasteiger partial charge in [-0.15, -0.1) is 0 Å². The third-order valence-electron chi connectivity index (χ3n) is 4.92. The number of hydrogen-bond acceptors (Lipinski definition) is 7. The molecule has 7 nitrogen and oxygen atoms in total. The Morgan fingerprint density at radius 2 is 1.50 bits per heavy atom. The average molecular weight is 352 g/mol. The van der Waals surface area contributed by atoms with Gasteiger partial charge >= 0.3 is 5.97 Å². The molecule has 0 N–H and O–H groups in total. The molecule has 7 heteroatoms. The first-order valence-corrected chi connectivity index (χ1v) is 8.19. The first-order chi connectivity index (χ1) is 12.8. The highest BCUT2D eigenvalue weighted by atomic mass is 16.7. The van der Waals surface area contributed by atoms with E-state index >= 15 is 0 Å². The third-order valence-corrected chi connectivity index (χ3v) is 4.92. The second kappa shape index (κ2) is 4.85. The Morgan fingerprint density at radius 3 is 2.35 bits per heavy atom. The van der Waals surface area contributed by atoms with Crippen molar-refractivity contribution in [2.24, 2.45) is 0 Å². The van der Waals surface area contributed by atoms with E-state index in [0.29, 0.717) is 40.1 Å². The number of cyclic esters (lactones) is 1. The lowest BCUT2D eigenvalue weighted by molar-refractivity contribution is -0.136. The van der Waals surface area contributed by atoms with Gasteiger partial charge in [0.25, 0.3) is 0 Å². The van der Waals surface area contributed by atoms with Crippen molar-refractivity contribution in [1.29, 1.82) is 0 Å². The van der Waals surface area contributed by atoms with Crippen molar-refractivity contribution in [3.05, 3.63) is 52.8 Å². The summed E-state index contributed by atoms with van der Waals surface area (Å²) in [4.78, 5) is 12.4. The number of benzene rings is 2. The molecule has 0 fully saturated rings. The summed E-state index contributed by atoms with van der Waals surface area (Å²) in [5, 5.41) is 0. The van der Waals surface area contributed by atoms with Crippen LogP contribution in [-0.2, 0) is 9.53 Å². The molecule has 0 bridgehead atoms. The number of hydrogen-bond donors (Lipinski definition) is 0. The molecule has 1 atom stereocenters. The zero-order chi connectivity index (χ0) is 17.3. The third kappa shape index (κ3) is 1.79. The van der Waals surface area contributed by atoms with Gasteiger partial charge in [-0.05, 0) is 23.8 Å². The fourth-order valence-corrected chi connectivity index (χ4v) is 3.74. The highest BCUT2D eigenvalue weighted by Crippen LogP contribution is 2.51. The van der Waals surface area contributed by atoms with Crippen LogP contribution in [0.25, 0.3) is 0 Å². The fourth-order valence-electron chi connectivity index (χ4n) is 3.74. The number of carbonyl (C=O) groups is 1. The van der Waals surface area contributed by atoms with Gasteiger partial charge in [-0.3, -0.25) is 0 Å². The lowest BCUT2D eigenvalue weighted by atomic mass is 9.82. The molecular formula is C19H12O7. The van der Waals surface area contributed by atoms with Crippen molar-refractivity contribution >= 4 is 5.97 Å². The Labute approximate surface area is 147 Å². The van der Waals surface area contributed by atoms with E-state index in [9.17, 15) is 4.79 Å². The van der Waals surface area contributed by atoms with Crippen LogP contribution < -0.4 is 23.7 Å². The second-order valence-electron chi connectivity index (χ2n) is 6.30. The monoisotopic (exact) mass is 352 g/mol. The van der Waals surface area contributed by atoms with Crippen molar-refractivity contribution in [3.8, 4) is 28.7 Å². The van der Waals surface area contributed by atoms with E-state index in [1.54, 1.807) is 6.07 Å². The minimum absolute atomic E-state index is 0.128. The fraction of sp³-hybridized carbons (Fsp3) is 0.211. The molecule has 4 aliphatic heterocycles. The quantitative estimate of drug-likeness (QED) is 0.730. The molecule has 0 saturated carbocycles. The first-order valence-electron chi connectivity index (χ1n) is 8.19. The number of esters is 1. The summed E-state index contributed by atoms with van der Waals surface area (Å²) in [6, 6.07) is 9.32. The van der Waals surface area contributed by atoms with Gasteiger partial charge in [-0.2, -0.15) is 0 Å². The highest BCUT2D eigenvalue weighted by molar-refractivity contribution is 5.95. The molecule has 0 radical (unpaired) electrons. The number of carbonyl (C=O) groups excluding carboxylic acids is 1. The van der Waals surface area contributed by atoms with Crippen molar-refractivity contribution in [3.63, 3.8) is 0 Å². The summed E-state index contributed by atoms with van der Waals surface area (Å²) in [5.74, 6) is 3.06. The van der Waals surface area contributed by atoms with E-state index in [0.717, 1.165) is 11.1 Å². The van der Waals surface area contributed by atoms with Crippen LogP contribution in [0, 0.1) is 0 Å². The van der Waals surface area contributed by atoms with Gasteiger partial charge in [0.15, 0.2) is 28.8 Å². The first kappa shape index (κ1) is 13.9. The van der Waals surface area contributed by atoms with E-state index < -0.39 is 0 Å². The Bertz CT molecular complexity index is 1010. The van der Waals surface area contributed by atoms with E-state index in [-0.39, 0.29) is 32.1 Å². The lowest BCUT2D eigenvalue weighted by Gasteiger charge is -2.26. The van der Waals surface area contributed by atoms with Crippen LogP contribution in [-0.4, -0.2) is 26.2 Å². The minimum Gasteiger partial charge on any atom is -0.457 e. The Kier molecular flexibility index (Phi) is 2.59. The van der Waals surface area contributed by atoms with Gasteiger partial charge in [0.1, 0.15) is 12.4 Å². The molecule has 0 unspecified atom stereocenters. The Morgan fingerprint density at radius 1 is 0.769 bits per heavy atom. The molecular weight excluding hydrogens is 340 g/mol. The number of ether oxygens (including phenoxy) is 6. The van der Waals surface area contributed by atoms with E-state index in [1.807, 2.05) is 24.3 Å². The molecule has 0 saturated heterocycles. The lowest BCUT2D eigenvalue weighted by Crippen LogP contribution is -2.18. The predicted molar refractivity (Wildman–Crippen MR) is 85.6 cm³/mol. The summed E-state index contributed by atoms with van der Waals surface area (Å²) >= 11 is 0. The van der Waals surface area contributed by atoms with E-state index in [1.165, 1.54) is 0 Å². The van der Waals surface area contributed by atoms with Gasteiger partial charge in [0.05, 0.1) is 5.57 Å². The van der Waals surface area contributed by atoms with Gasteiger partial charge in [0.2, 0.25) is 13.6 Å². The zero-order valence-electron chi connectivity index (χ0n) is 13.4. The van der Waals surface area contributed by atoms with Crippen LogP contribution in [0.3, 0.4) is 0 Å². The summed E-state index contributed by atoms with van der Waals surface area (Å²) in [6.45, 7) is 0.489. The zero-order valence-corrected chi connectivity index (χ0v) is 13.4. The van der Waals surface area contributed by atoms with Crippen molar-refractivity contribution < 1.29 is 33.2 Å². The maximum Gasteiger partial charge on any atom is 0.339 e. The van der Waals surface area contributed by atoms with Crippen molar-refractivity contribution in [2.75, 3.05) is 20.2 Å². The average Bonchev–Trinajstić information content (AvgIpc) is 3.37. The van der Waals surface area contributed by atoms with E-state index in [2.05, 4.69) is 0 Å². The molecule has 0 amide bonds. The van der Waals surface area contributed by atoms with Crippen molar-refractivity contribution in [1.82, 2.24) is 0 Å². The summed E-state index contributed by atoms with van der Waals surface area (Å²) in [6.07, 6.45) is 0. The SMILES string of the molecule is O=C1OCC2=C1[C@H](c1ccc3c(c1)OCO3)c1cc3c(cc1O2)OCO3. The van der Waals surface area contributed by atoms with Gasteiger partial charge in [0, 0.05) is 17.5 Å². The summed E-state index contributed by atoms with van der Waals surface area (Å²) in [5.41, 5.74) is 2.23. The normalized spacial score (nSPS) is 21.2. The maximum absolute atomic E-state index is 12.4. The minimum atomic E-state index is -0.369. The summed E-state index contributed by atoms with van der Waals surface area (Å²) < 4.78 is 33.0. The highest BCUT2D eigenvalue weighted by Gasteiger charge is 2.41. The van der Waals surface area contributed by atoms with Gasteiger partial charge < -0.3 is 28.4 Å².